The fourth-order valence-corrected chi connectivity index (χ4v) is 5.80. The van der Waals surface area contributed by atoms with Crippen LogP contribution in [0.2, 0.25) is 0 Å². The largest absolute Gasteiger partial charge is 0.458 e. The number of hydrogen-bond donors (Lipinski definition) is 0. The summed E-state index contributed by atoms with van der Waals surface area (Å²) in [6.45, 7) is 4.32. The maximum atomic E-state index is 13.0. The molecule has 1 heterocycles. The second-order valence-electron chi connectivity index (χ2n) is 7.79. The van der Waals surface area contributed by atoms with Gasteiger partial charge in [0.2, 0.25) is 5.78 Å². The minimum absolute atomic E-state index is 0.0941. The van der Waals surface area contributed by atoms with Gasteiger partial charge in [-0.25, -0.2) is 0 Å². The molecular weight excluding hydrogens is 236 g/mol. The van der Waals surface area contributed by atoms with E-state index in [9.17, 15) is 4.79 Å². The molecule has 4 saturated carbocycles. The molecule has 2 unspecified atom stereocenters. The molecule has 4 aliphatic rings. The van der Waals surface area contributed by atoms with Crippen LogP contribution in [-0.2, 0) is 0 Å². The molecule has 0 amide bonds. The molecule has 1 aromatic heterocycles. The summed E-state index contributed by atoms with van der Waals surface area (Å²) in [5.41, 5.74) is 0.324. The van der Waals surface area contributed by atoms with Gasteiger partial charge in [0, 0.05) is 5.41 Å². The Hall–Kier alpha value is -1.05. The molecule has 0 saturated heterocycles. The molecule has 4 fully saturated rings. The first-order valence-corrected chi connectivity index (χ1v) is 7.59. The van der Waals surface area contributed by atoms with Gasteiger partial charge in [-0.05, 0) is 74.8 Å². The number of rotatable bonds is 2. The maximum absolute atomic E-state index is 13.0. The van der Waals surface area contributed by atoms with Crippen molar-refractivity contribution >= 4 is 5.78 Å². The molecule has 2 nitrogen and oxygen atoms in total. The van der Waals surface area contributed by atoms with Crippen LogP contribution in [0.1, 0.15) is 61.8 Å². The van der Waals surface area contributed by atoms with Crippen LogP contribution >= 0.6 is 0 Å². The Labute approximate surface area is 114 Å². The van der Waals surface area contributed by atoms with Gasteiger partial charge in [-0.3, -0.25) is 4.79 Å². The number of aryl methyl sites for hydroxylation is 1. The normalized spacial score (nSPS) is 43.7. The Morgan fingerprint density at radius 3 is 2.42 bits per heavy atom. The van der Waals surface area contributed by atoms with E-state index in [0.717, 1.165) is 36.9 Å². The second kappa shape index (κ2) is 3.53. The van der Waals surface area contributed by atoms with E-state index in [0.29, 0.717) is 17.0 Å². The number of hydrogen-bond acceptors (Lipinski definition) is 2. The third-order valence-corrected chi connectivity index (χ3v) is 5.80. The van der Waals surface area contributed by atoms with Crippen LogP contribution in [0.15, 0.2) is 16.5 Å². The Morgan fingerprint density at radius 2 is 1.89 bits per heavy atom. The summed E-state index contributed by atoms with van der Waals surface area (Å²) in [5.74, 6) is 3.31. The quantitative estimate of drug-likeness (QED) is 0.737. The van der Waals surface area contributed by atoms with Gasteiger partial charge in [0.25, 0.3) is 0 Å². The van der Waals surface area contributed by atoms with Crippen molar-refractivity contribution in [1.82, 2.24) is 0 Å². The summed E-state index contributed by atoms with van der Waals surface area (Å²) in [6.07, 6.45) is 7.36. The average molecular weight is 258 g/mol. The topological polar surface area (TPSA) is 30.2 Å². The number of Topliss-reactive ketones (excluding diaryl/α,β-unsaturated/α-hetero) is 1. The number of carbonyl (C=O) groups is 1. The van der Waals surface area contributed by atoms with Crippen LogP contribution in [0.25, 0.3) is 0 Å². The summed E-state index contributed by atoms with van der Waals surface area (Å²) < 4.78 is 5.62. The summed E-state index contributed by atoms with van der Waals surface area (Å²) in [6, 6.07) is 3.79. The number of furan rings is 1. The average Bonchev–Trinajstić information content (AvgIpc) is 2.71. The van der Waals surface area contributed by atoms with Crippen molar-refractivity contribution in [1.29, 1.82) is 0 Å². The molecule has 1 aromatic rings. The van der Waals surface area contributed by atoms with Crippen LogP contribution in [0, 0.1) is 29.6 Å². The molecule has 0 aromatic carbocycles. The lowest BCUT2D eigenvalue weighted by atomic mass is 9.43. The maximum Gasteiger partial charge on any atom is 0.204 e. The van der Waals surface area contributed by atoms with E-state index in [2.05, 4.69) is 6.92 Å². The minimum Gasteiger partial charge on any atom is -0.458 e. The van der Waals surface area contributed by atoms with Crippen LogP contribution in [-0.4, -0.2) is 5.78 Å². The molecule has 0 radical (unpaired) electrons. The van der Waals surface area contributed by atoms with E-state index in [1.165, 1.54) is 19.3 Å². The molecule has 19 heavy (non-hydrogen) atoms. The highest BCUT2D eigenvalue weighted by Crippen LogP contribution is 2.65. The van der Waals surface area contributed by atoms with Crippen molar-refractivity contribution in [3.8, 4) is 0 Å². The first-order valence-electron chi connectivity index (χ1n) is 7.59. The van der Waals surface area contributed by atoms with E-state index in [1.807, 2.05) is 19.1 Å². The van der Waals surface area contributed by atoms with Gasteiger partial charge in [0.1, 0.15) is 5.76 Å². The van der Waals surface area contributed by atoms with Crippen LogP contribution in [0.5, 0.6) is 0 Å². The Bertz CT molecular complexity index is 525. The third-order valence-electron chi connectivity index (χ3n) is 5.80. The highest BCUT2D eigenvalue weighted by atomic mass is 16.3. The van der Waals surface area contributed by atoms with Gasteiger partial charge < -0.3 is 4.42 Å². The molecular formula is C17H22O2. The second-order valence-corrected chi connectivity index (χ2v) is 7.79. The highest BCUT2D eigenvalue weighted by molar-refractivity contribution is 5.98. The standard InChI is InChI=1S/C17H22O2/c1-11-3-4-14(19-11)15(18)17-8-12-5-13(9-17)7-16(2,6-12)10-17/h3-4,12-13H,5-10H2,1-2H3. The molecule has 4 aliphatic carbocycles. The lowest BCUT2D eigenvalue weighted by Gasteiger charge is -2.60. The molecule has 2 atom stereocenters. The molecule has 0 aliphatic heterocycles. The van der Waals surface area contributed by atoms with E-state index in [1.54, 1.807) is 0 Å². The van der Waals surface area contributed by atoms with Gasteiger partial charge in [-0.15, -0.1) is 0 Å². The fraction of sp³-hybridized carbons (Fsp3) is 0.706. The first kappa shape index (κ1) is 11.7. The molecule has 0 spiro atoms. The SMILES string of the molecule is Cc1ccc(C(=O)C23CC4CC(CC(C)(C4)C2)C3)o1. The van der Waals surface area contributed by atoms with Crippen molar-refractivity contribution < 1.29 is 9.21 Å². The van der Waals surface area contributed by atoms with Crippen molar-refractivity contribution in [3.63, 3.8) is 0 Å². The predicted octanol–water partition coefficient (Wildman–Crippen LogP) is 4.38. The molecule has 102 valence electrons. The zero-order chi connectivity index (χ0) is 13.3. The lowest BCUT2D eigenvalue weighted by molar-refractivity contribution is -0.0828. The Balaban J connectivity index is 1.72. The lowest BCUT2D eigenvalue weighted by Crippen LogP contribution is -2.53. The third kappa shape index (κ3) is 1.65. The van der Waals surface area contributed by atoms with Crippen LogP contribution in [0.3, 0.4) is 0 Å². The zero-order valence-electron chi connectivity index (χ0n) is 11.9. The van der Waals surface area contributed by atoms with Crippen molar-refractivity contribution in [2.45, 2.75) is 52.4 Å². The smallest absolute Gasteiger partial charge is 0.204 e. The first-order chi connectivity index (χ1) is 8.98. The zero-order valence-corrected chi connectivity index (χ0v) is 11.9. The minimum atomic E-state index is -0.0941. The van der Waals surface area contributed by atoms with Crippen molar-refractivity contribution in [3.05, 3.63) is 23.7 Å². The summed E-state index contributed by atoms with van der Waals surface area (Å²) in [4.78, 5) is 13.0. The van der Waals surface area contributed by atoms with Gasteiger partial charge in [-0.1, -0.05) is 6.92 Å². The monoisotopic (exact) mass is 258 g/mol. The Morgan fingerprint density at radius 1 is 1.21 bits per heavy atom. The highest BCUT2D eigenvalue weighted by Gasteiger charge is 2.59. The number of carbonyl (C=O) groups excluding carboxylic acids is 1. The predicted molar refractivity (Wildman–Crippen MR) is 73.0 cm³/mol. The summed E-state index contributed by atoms with van der Waals surface area (Å²) >= 11 is 0. The fourth-order valence-electron chi connectivity index (χ4n) is 5.80. The van der Waals surface area contributed by atoms with Crippen LogP contribution in [0.4, 0.5) is 0 Å². The van der Waals surface area contributed by atoms with E-state index < -0.39 is 0 Å². The molecule has 5 rings (SSSR count). The van der Waals surface area contributed by atoms with Crippen molar-refractivity contribution in [2.24, 2.45) is 22.7 Å². The molecule has 0 N–H and O–H groups in total. The van der Waals surface area contributed by atoms with E-state index in [4.69, 9.17) is 4.42 Å². The van der Waals surface area contributed by atoms with E-state index >= 15 is 0 Å². The molecule has 4 bridgehead atoms. The number of ketones is 1. The van der Waals surface area contributed by atoms with Crippen LogP contribution < -0.4 is 0 Å². The van der Waals surface area contributed by atoms with E-state index in [-0.39, 0.29) is 5.41 Å². The van der Waals surface area contributed by atoms with Gasteiger partial charge >= 0.3 is 0 Å². The van der Waals surface area contributed by atoms with Crippen molar-refractivity contribution in [2.75, 3.05) is 0 Å². The van der Waals surface area contributed by atoms with Gasteiger partial charge in [-0.2, -0.15) is 0 Å². The summed E-state index contributed by atoms with van der Waals surface area (Å²) in [7, 11) is 0. The van der Waals surface area contributed by atoms with Gasteiger partial charge in [0.15, 0.2) is 5.76 Å². The Kier molecular flexibility index (Phi) is 2.18. The molecule has 2 heteroatoms. The summed E-state index contributed by atoms with van der Waals surface area (Å²) in [5, 5.41) is 0. The van der Waals surface area contributed by atoms with Gasteiger partial charge in [0.05, 0.1) is 0 Å².